The molecule has 1 unspecified atom stereocenters. The molecule has 1 aromatic heterocycles. The largest absolute Gasteiger partial charge is 0.420 e. The molecule has 158 valence electrons. The fraction of sp³-hybridized carbons (Fsp3) is 0.550. The van der Waals surface area contributed by atoms with Crippen LogP contribution in [0.15, 0.2) is 28.7 Å². The van der Waals surface area contributed by atoms with Crippen molar-refractivity contribution in [2.24, 2.45) is 0 Å². The molecule has 0 N–H and O–H groups in total. The smallest absolute Gasteiger partial charge is 0.326 e. The van der Waals surface area contributed by atoms with Gasteiger partial charge in [-0.2, -0.15) is 4.98 Å². The minimum absolute atomic E-state index is 0.323. The third-order valence-corrected chi connectivity index (χ3v) is 7.70. The van der Waals surface area contributed by atoms with Crippen LogP contribution >= 0.6 is 7.52 Å². The van der Waals surface area contributed by atoms with Crippen LogP contribution in [0.4, 0.5) is 5.88 Å². The van der Waals surface area contributed by atoms with E-state index in [0.717, 1.165) is 11.1 Å². The van der Waals surface area contributed by atoms with Crippen LogP contribution in [0.3, 0.4) is 0 Å². The van der Waals surface area contributed by atoms with Crippen LogP contribution < -0.4 is 10.3 Å². The first-order valence-corrected chi connectivity index (χ1v) is 11.7. The third-order valence-electron chi connectivity index (χ3n) is 5.12. The van der Waals surface area contributed by atoms with Gasteiger partial charge in [-0.3, -0.25) is 4.57 Å². The Morgan fingerprint density at radius 2 is 1.66 bits per heavy atom. The summed E-state index contributed by atoms with van der Waals surface area (Å²) < 4.78 is 39.1. The van der Waals surface area contributed by atoms with Gasteiger partial charge in [0, 0.05) is 31.7 Å². The van der Waals surface area contributed by atoms with Crippen LogP contribution in [-0.4, -0.2) is 68.9 Å². The van der Waals surface area contributed by atoms with Gasteiger partial charge in [0.25, 0.3) is 0 Å². The van der Waals surface area contributed by atoms with E-state index in [1.165, 1.54) is 0 Å². The molecule has 0 aliphatic carbocycles. The van der Waals surface area contributed by atoms with Crippen molar-refractivity contribution in [1.82, 2.24) is 9.65 Å². The SMILES string of the molecule is CCOP(=O)(c1nc(-c2ccc(C)cc2)oc1N1CCOCC1)N1CCOCC1. The Morgan fingerprint density at radius 3 is 2.28 bits per heavy atom. The van der Waals surface area contributed by atoms with E-state index in [1.807, 2.05) is 42.8 Å². The summed E-state index contributed by atoms with van der Waals surface area (Å²) in [6.07, 6.45) is 0. The van der Waals surface area contributed by atoms with E-state index in [-0.39, 0.29) is 0 Å². The highest BCUT2D eigenvalue weighted by Crippen LogP contribution is 2.52. The molecule has 0 bridgehead atoms. The highest BCUT2D eigenvalue weighted by molar-refractivity contribution is 7.64. The number of nitrogens with zero attached hydrogens (tertiary/aromatic N) is 3. The maximum atomic E-state index is 14.2. The average molecular weight is 421 g/mol. The van der Waals surface area contributed by atoms with Crippen molar-refractivity contribution >= 4 is 18.8 Å². The predicted molar refractivity (Wildman–Crippen MR) is 111 cm³/mol. The van der Waals surface area contributed by atoms with Crippen molar-refractivity contribution in [2.45, 2.75) is 13.8 Å². The first-order valence-electron chi connectivity index (χ1n) is 10.1. The van der Waals surface area contributed by atoms with Gasteiger partial charge < -0.3 is 23.3 Å². The van der Waals surface area contributed by atoms with Crippen molar-refractivity contribution in [3.63, 3.8) is 0 Å². The molecule has 1 atom stereocenters. The predicted octanol–water partition coefficient (Wildman–Crippen LogP) is 2.67. The molecule has 2 fully saturated rings. The van der Waals surface area contributed by atoms with Crippen LogP contribution in [-0.2, 0) is 18.6 Å². The van der Waals surface area contributed by atoms with Crippen LogP contribution in [0.25, 0.3) is 11.5 Å². The summed E-state index contributed by atoms with van der Waals surface area (Å²) in [6, 6.07) is 7.96. The van der Waals surface area contributed by atoms with E-state index >= 15 is 0 Å². The number of ether oxygens (including phenoxy) is 2. The van der Waals surface area contributed by atoms with Crippen LogP contribution in [0, 0.1) is 6.92 Å². The lowest BCUT2D eigenvalue weighted by Gasteiger charge is -2.34. The van der Waals surface area contributed by atoms with E-state index in [1.54, 1.807) is 0 Å². The van der Waals surface area contributed by atoms with Gasteiger partial charge in [-0.1, -0.05) is 17.7 Å². The number of hydrogen-bond donors (Lipinski definition) is 0. The molecular weight excluding hydrogens is 393 g/mol. The van der Waals surface area contributed by atoms with Gasteiger partial charge in [-0.05, 0) is 26.0 Å². The summed E-state index contributed by atoms with van der Waals surface area (Å²) >= 11 is 0. The Morgan fingerprint density at radius 1 is 1.03 bits per heavy atom. The van der Waals surface area contributed by atoms with Crippen molar-refractivity contribution in [1.29, 1.82) is 0 Å². The summed E-state index contributed by atoms with van der Waals surface area (Å²) in [4.78, 5) is 6.78. The Kier molecular flexibility index (Phi) is 6.37. The van der Waals surface area contributed by atoms with Gasteiger partial charge in [0.2, 0.25) is 17.2 Å². The molecule has 8 nitrogen and oxygen atoms in total. The number of benzene rings is 1. The molecule has 2 aliphatic rings. The molecule has 3 heterocycles. The lowest BCUT2D eigenvalue weighted by atomic mass is 10.1. The van der Waals surface area contributed by atoms with E-state index in [0.29, 0.717) is 76.4 Å². The van der Waals surface area contributed by atoms with Crippen LogP contribution in [0.2, 0.25) is 0 Å². The molecule has 9 heteroatoms. The fourth-order valence-electron chi connectivity index (χ4n) is 3.55. The molecule has 0 amide bonds. The highest BCUT2D eigenvalue weighted by Gasteiger charge is 2.42. The summed E-state index contributed by atoms with van der Waals surface area (Å²) in [7, 11) is -3.39. The Labute approximate surface area is 171 Å². The average Bonchev–Trinajstić information content (AvgIpc) is 3.22. The lowest BCUT2D eigenvalue weighted by molar-refractivity contribution is 0.0661. The molecular formula is C20H28N3O5P. The molecule has 1 aromatic carbocycles. The highest BCUT2D eigenvalue weighted by atomic mass is 31.2. The summed E-state index contributed by atoms with van der Waals surface area (Å²) in [6.45, 7) is 8.82. The second-order valence-electron chi connectivity index (χ2n) is 7.12. The first-order chi connectivity index (χ1) is 14.1. The summed E-state index contributed by atoms with van der Waals surface area (Å²) in [5.74, 6) is 0.974. The number of rotatable bonds is 6. The van der Waals surface area contributed by atoms with Gasteiger partial charge >= 0.3 is 7.52 Å². The molecule has 2 aliphatic heterocycles. The molecule has 4 rings (SSSR count). The van der Waals surface area contributed by atoms with Crippen molar-refractivity contribution < 1.29 is 23.0 Å². The number of aryl methyl sites for hydroxylation is 1. The monoisotopic (exact) mass is 421 g/mol. The number of anilines is 1. The second kappa shape index (κ2) is 8.98. The molecule has 0 saturated carbocycles. The Bertz CT molecular complexity index is 858. The standard InChI is InChI=1S/C20H28N3O5P/c1-3-27-29(24,23-10-14-26-15-11-23)19-20(22-8-12-25-13-9-22)28-18(21-19)17-6-4-16(2)5-7-17/h4-7H,3,8-15H2,1-2H3. The zero-order valence-electron chi connectivity index (χ0n) is 17.0. The topological polar surface area (TPSA) is 77.3 Å². The molecule has 0 spiro atoms. The zero-order valence-corrected chi connectivity index (χ0v) is 17.9. The Hall–Kier alpha value is -1.70. The zero-order chi connectivity index (χ0) is 20.3. The van der Waals surface area contributed by atoms with Crippen molar-refractivity contribution in [2.75, 3.05) is 64.1 Å². The normalized spacial score (nSPS) is 20.6. The minimum Gasteiger partial charge on any atom is -0.420 e. The van der Waals surface area contributed by atoms with Crippen molar-refractivity contribution in [3.05, 3.63) is 29.8 Å². The molecule has 0 radical (unpaired) electrons. The number of aromatic nitrogens is 1. The van der Waals surface area contributed by atoms with Gasteiger partial charge in [0.05, 0.1) is 33.0 Å². The minimum atomic E-state index is -3.39. The van der Waals surface area contributed by atoms with Crippen LogP contribution in [0.5, 0.6) is 0 Å². The summed E-state index contributed by atoms with van der Waals surface area (Å²) in [5, 5.41) is 0. The summed E-state index contributed by atoms with van der Waals surface area (Å²) in [5.41, 5.74) is 2.39. The maximum absolute atomic E-state index is 14.2. The van der Waals surface area contributed by atoms with E-state index in [9.17, 15) is 4.57 Å². The second-order valence-corrected chi connectivity index (χ2v) is 9.41. The van der Waals surface area contributed by atoms with E-state index in [4.69, 9.17) is 23.4 Å². The van der Waals surface area contributed by atoms with E-state index < -0.39 is 7.52 Å². The maximum Gasteiger partial charge on any atom is 0.326 e. The van der Waals surface area contributed by atoms with E-state index in [2.05, 4.69) is 4.90 Å². The van der Waals surface area contributed by atoms with Gasteiger partial charge in [-0.15, -0.1) is 0 Å². The number of morpholine rings is 2. The van der Waals surface area contributed by atoms with Gasteiger partial charge in [0.15, 0.2) is 0 Å². The number of hydrogen-bond acceptors (Lipinski definition) is 7. The van der Waals surface area contributed by atoms with Gasteiger partial charge in [-0.25, -0.2) is 4.67 Å². The number of oxazole rings is 1. The quantitative estimate of drug-likeness (QED) is 0.659. The molecule has 2 aromatic rings. The third kappa shape index (κ3) is 4.27. The van der Waals surface area contributed by atoms with Gasteiger partial charge in [0.1, 0.15) is 0 Å². The van der Waals surface area contributed by atoms with Crippen LogP contribution in [0.1, 0.15) is 12.5 Å². The molecule has 29 heavy (non-hydrogen) atoms. The van der Waals surface area contributed by atoms with Crippen molar-refractivity contribution in [3.8, 4) is 11.5 Å². The first kappa shape index (κ1) is 20.6. The fourth-order valence-corrected chi connectivity index (χ4v) is 5.79. The Balaban J connectivity index is 1.79. The molecule has 2 saturated heterocycles. The lowest BCUT2D eigenvalue weighted by Crippen LogP contribution is -2.41.